The molecule has 5 rings (SSSR count). The molecule has 4 aromatic rings. The van der Waals surface area contributed by atoms with E-state index in [1.54, 1.807) is 31.4 Å². The molecule has 4 aromatic heterocycles. The van der Waals surface area contributed by atoms with Gasteiger partial charge in [0.25, 0.3) is 5.91 Å². The number of pyridine rings is 1. The molecule has 1 atom stereocenters. The number of carbonyl (C=O) groups excluding carboxylic acids is 1. The molecule has 10 nitrogen and oxygen atoms in total. The van der Waals surface area contributed by atoms with Crippen LogP contribution in [0, 0.1) is 6.92 Å². The highest BCUT2D eigenvalue weighted by atomic mass is 32.1. The Morgan fingerprint density at radius 1 is 1.19 bits per heavy atom. The molecule has 1 fully saturated rings. The Kier molecular flexibility index (Phi) is 4.91. The third-order valence-electron chi connectivity index (χ3n) is 5.35. The molecule has 32 heavy (non-hydrogen) atoms. The van der Waals surface area contributed by atoms with Gasteiger partial charge in [-0.05, 0) is 36.7 Å². The van der Waals surface area contributed by atoms with E-state index in [2.05, 4.69) is 29.8 Å². The zero-order chi connectivity index (χ0) is 22.3. The van der Waals surface area contributed by atoms with Crippen LogP contribution < -0.4 is 5.32 Å². The van der Waals surface area contributed by atoms with Crippen LogP contribution in [-0.4, -0.2) is 54.0 Å². The minimum Gasteiger partial charge on any atom is -0.373 e. The summed E-state index contributed by atoms with van der Waals surface area (Å²) in [7, 11) is 1.64. The van der Waals surface area contributed by atoms with Crippen molar-refractivity contribution in [2.24, 2.45) is 0 Å². The number of rotatable bonds is 5. The van der Waals surface area contributed by atoms with Crippen LogP contribution >= 0.6 is 11.5 Å². The van der Waals surface area contributed by atoms with Crippen molar-refractivity contribution in [2.75, 3.05) is 18.9 Å². The first-order valence-corrected chi connectivity index (χ1v) is 10.7. The lowest BCUT2D eigenvalue weighted by Gasteiger charge is -2.16. The molecular formula is C21H19N7O3S. The topological polar surface area (TPSA) is 130 Å². The van der Waals surface area contributed by atoms with E-state index in [0.717, 1.165) is 11.4 Å². The van der Waals surface area contributed by atoms with Gasteiger partial charge in [-0.2, -0.15) is 4.37 Å². The SMILES string of the molecule is Cc1nscc1Nc1nccc(-c2cccc(-c3cc([C@]4(O)CCN(C)C4=O)on3)n2)n1. The Bertz CT molecular complexity index is 1300. The first kappa shape index (κ1) is 20.2. The van der Waals surface area contributed by atoms with Crippen LogP contribution in [0.25, 0.3) is 22.8 Å². The normalized spacial score (nSPS) is 18.3. The highest BCUT2D eigenvalue weighted by Gasteiger charge is 2.48. The Morgan fingerprint density at radius 3 is 2.69 bits per heavy atom. The van der Waals surface area contributed by atoms with Crippen molar-refractivity contribution in [3.63, 3.8) is 0 Å². The van der Waals surface area contributed by atoms with E-state index in [1.807, 2.05) is 24.4 Å². The van der Waals surface area contributed by atoms with Crippen LogP contribution in [0.1, 0.15) is 17.9 Å². The van der Waals surface area contributed by atoms with E-state index >= 15 is 0 Å². The lowest BCUT2D eigenvalue weighted by atomic mass is 9.98. The largest absolute Gasteiger partial charge is 0.373 e. The van der Waals surface area contributed by atoms with Crippen molar-refractivity contribution < 1.29 is 14.4 Å². The molecule has 0 saturated carbocycles. The fourth-order valence-corrected chi connectivity index (χ4v) is 4.13. The van der Waals surface area contributed by atoms with Crippen LogP contribution in [0.3, 0.4) is 0 Å². The van der Waals surface area contributed by atoms with Crippen molar-refractivity contribution in [2.45, 2.75) is 18.9 Å². The molecule has 0 unspecified atom stereocenters. The van der Waals surface area contributed by atoms with Crippen LogP contribution in [0.15, 0.2) is 46.4 Å². The van der Waals surface area contributed by atoms with E-state index in [9.17, 15) is 9.90 Å². The van der Waals surface area contributed by atoms with Gasteiger partial charge in [0.2, 0.25) is 11.5 Å². The number of likely N-dealkylation sites (tertiary alicyclic amines) is 1. The van der Waals surface area contributed by atoms with Gasteiger partial charge in [-0.25, -0.2) is 15.0 Å². The summed E-state index contributed by atoms with van der Waals surface area (Å²) in [4.78, 5) is 27.2. The zero-order valence-corrected chi connectivity index (χ0v) is 18.1. The maximum Gasteiger partial charge on any atom is 0.262 e. The third-order valence-corrected chi connectivity index (χ3v) is 6.07. The van der Waals surface area contributed by atoms with Gasteiger partial charge in [-0.15, -0.1) is 0 Å². The molecule has 0 bridgehead atoms. The number of nitrogens with one attached hydrogen (secondary N) is 1. The lowest BCUT2D eigenvalue weighted by Crippen LogP contribution is -2.35. The summed E-state index contributed by atoms with van der Waals surface area (Å²) < 4.78 is 9.57. The molecular weight excluding hydrogens is 430 g/mol. The average Bonchev–Trinajstić information content (AvgIpc) is 3.52. The maximum atomic E-state index is 12.3. The summed E-state index contributed by atoms with van der Waals surface area (Å²) in [6.45, 7) is 2.36. The molecule has 1 amide bonds. The number of anilines is 2. The minimum absolute atomic E-state index is 0.113. The van der Waals surface area contributed by atoms with E-state index in [4.69, 9.17) is 4.52 Å². The van der Waals surface area contributed by atoms with Gasteiger partial charge >= 0.3 is 0 Å². The monoisotopic (exact) mass is 449 g/mol. The number of carbonyl (C=O) groups is 1. The smallest absolute Gasteiger partial charge is 0.262 e. The standard InChI is InChI=1S/C21H19N7O3S/c1-12-17(11-32-27-12)25-20-22-8-6-15(24-20)13-4-3-5-14(23-13)16-10-18(31-26-16)21(30)7-9-28(2)19(21)29/h3-6,8,10-11,30H,7,9H2,1-2H3,(H,22,24,25)/t21-/m1/s1. The molecule has 0 aromatic carbocycles. The molecule has 1 aliphatic heterocycles. The number of aromatic nitrogens is 5. The summed E-state index contributed by atoms with van der Waals surface area (Å²) in [5, 5.41) is 19.9. The number of aliphatic hydroxyl groups is 1. The second kappa shape index (κ2) is 7.77. The number of nitrogens with zero attached hydrogens (tertiary/aromatic N) is 6. The lowest BCUT2D eigenvalue weighted by molar-refractivity contribution is -0.144. The predicted molar refractivity (Wildman–Crippen MR) is 117 cm³/mol. The van der Waals surface area contributed by atoms with Gasteiger partial charge in [0.05, 0.1) is 28.5 Å². The van der Waals surface area contributed by atoms with Crippen molar-refractivity contribution in [1.82, 2.24) is 29.4 Å². The number of aryl methyl sites for hydroxylation is 1. The Morgan fingerprint density at radius 2 is 1.97 bits per heavy atom. The van der Waals surface area contributed by atoms with Crippen LogP contribution in [-0.2, 0) is 10.4 Å². The van der Waals surface area contributed by atoms with Crippen molar-refractivity contribution in [1.29, 1.82) is 0 Å². The van der Waals surface area contributed by atoms with Crippen LogP contribution in [0.5, 0.6) is 0 Å². The Balaban J connectivity index is 1.43. The highest BCUT2D eigenvalue weighted by molar-refractivity contribution is 7.04. The first-order chi connectivity index (χ1) is 15.4. The number of hydrogen-bond donors (Lipinski definition) is 2. The molecule has 0 radical (unpaired) electrons. The Labute approximate surface area is 187 Å². The average molecular weight is 449 g/mol. The van der Waals surface area contributed by atoms with Gasteiger partial charge in [0.1, 0.15) is 5.69 Å². The van der Waals surface area contributed by atoms with E-state index in [0.29, 0.717) is 35.3 Å². The van der Waals surface area contributed by atoms with E-state index in [1.165, 1.54) is 16.4 Å². The van der Waals surface area contributed by atoms with E-state index < -0.39 is 11.5 Å². The van der Waals surface area contributed by atoms with Gasteiger partial charge < -0.3 is 19.8 Å². The van der Waals surface area contributed by atoms with Crippen LogP contribution in [0.2, 0.25) is 0 Å². The Hall–Kier alpha value is -3.70. The molecule has 11 heteroatoms. The fourth-order valence-electron chi connectivity index (χ4n) is 3.49. The number of likely N-dealkylation sites (N-methyl/N-ethyl adjacent to an activating group) is 1. The quantitative estimate of drug-likeness (QED) is 0.472. The van der Waals surface area contributed by atoms with Crippen LogP contribution in [0.4, 0.5) is 11.6 Å². The summed E-state index contributed by atoms with van der Waals surface area (Å²) in [6, 6.07) is 8.76. The summed E-state index contributed by atoms with van der Waals surface area (Å²) in [5.41, 5.74) is 2.23. The zero-order valence-electron chi connectivity index (χ0n) is 17.3. The molecule has 1 saturated heterocycles. The van der Waals surface area contributed by atoms with Gasteiger partial charge in [-0.1, -0.05) is 11.2 Å². The van der Waals surface area contributed by atoms with Gasteiger partial charge in [0, 0.05) is 37.7 Å². The molecule has 2 N–H and O–H groups in total. The number of hydrogen-bond acceptors (Lipinski definition) is 10. The van der Waals surface area contributed by atoms with Crippen molar-refractivity contribution in [3.8, 4) is 22.8 Å². The molecule has 0 aliphatic carbocycles. The summed E-state index contributed by atoms with van der Waals surface area (Å²) in [6.07, 6.45) is 1.90. The van der Waals surface area contributed by atoms with Crippen molar-refractivity contribution >= 4 is 29.1 Å². The first-order valence-electron chi connectivity index (χ1n) is 9.88. The number of amides is 1. The maximum absolute atomic E-state index is 12.3. The predicted octanol–water partition coefficient (Wildman–Crippen LogP) is 2.75. The fraction of sp³-hybridized carbons (Fsp3) is 0.238. The second-order valence-electron chi connectivity index (χ2n) is 7.53. The minimum atomic E-state index is -1.69. The molecule has 1 aliphatic rings. The molecule has 162 valence electrons. The third kappa shape index (κ3) is 3.51. The molecule has 5 heterocycles. The molecule has 0 spiro atoms. The van der Waals surface area contributed by atoms with Gasteiger partial charge in [-0.3, -0.25) is 4.79 Å². The highest BCUT2D eigenvalue weighted by Crippen LogP contribution is 2.34. The summed E-state index contributed by atoms with van der Waals surface area (Å²) in [5.74, 6) is 0.147. The van der Waals surface area contributed by atoms with Crippen molar-refractivity contribution in [3.05, 3.63) is 53.4 Å². The van der Waals surface area contributed by atoms with E-state index in [-0.39, 0.29) is 12.2 Å². The summed E-state index contributed by atoms with van der Waals surface area (Å²) >= 11 is 1.36. The van der Waals surface area contributed by atoms with Gasteiger partial charge in [0.15, 0.2) is 5.76 Å². The second-order valence-corrected chi connectivity index (χ2v) is 8.15.